The number of H-pyrrole nitrogens is 1. The molecule has 0 saturated heterocycles. The first-order valence-corrected chi connectivity index (χ1v) is 13.3. The normalized spacial score (nSPS) is 13.7. The molecule has 0 aliphatic rings. The Morgan fingerprint density at radius 1 is 0.655 bits per heavy atom. The minimum absolute atomic E-state index is 0.620. The molecular weight excluding hydrogens is 352 g/mol. The maximum absolute atomic E-state index is 3.53. The van der Waals surface area contributed by atoms with E-state index in [-0.39, 0.29) is 0 Å². The second-order valence-electron chi connectivity index (χ2n) is 9.53. The molecule has 2 unspecified atom stereocenters. The SMILES string of the molecule is CCCCCCCCCCCCCCCCC(C)c1[nH]cc[n+]1C(C)CCCC. The van der Waals surface area contributed by atoms with Crippen LogP contribution in [0.15, 0.2) is 12.4 Å². The van der Waals surface area contributed by atoms with Crippen molar-refractivity contribution in [3.8, 4) is 0 Å². The maximum Gasteiger partial charge on any atom is 0.257 e. The van der Waals surface area contributed by atoms with Gasteiger partial charge in [0.05, 0.1) is 12.0 Å². The molecule has 0 bridgehead atoms. The molecule has 1 rings (SSSR count). The van der Waals surface area contributed by atoms with E-state index in [2.05, 4.69) is 49.6 Å². The molecule has 1 aromatic rings. The van der Waals surface area contributed by atoms with Gasteiger partial charge in [-0.1, -0.05) is 117 Å². The molecule has 0 aliphatic carbocycles. The van der Waals surface area contributed by atoms with Gasteiger partial charge in [0.2, 0.25) is 0 Å². The molecule has 0 radical (unpaired) electrons. The van der Waals surface area contributed by atoms with E-state index in [1.54, 1.807) is 0 Å². The largest absolute Gasteiger partial charge is 0.257 e. The molecular formula is C27H53N2+. The summed E-state index contributed by atoms with van der Waals surface area (Å²) in [6, 6.07) is 0.620. The van der Waals surface area contributed by atoms with Crippen molar-refractivity contribution in [2.45, 2.75) is 155 Å². The zero-order valence-corrected chi connectivity index (χ0v) is 20.5. The Hall–Kier alpha value is -0.790. The topological polar surface area (TPSA) is 19.7 Å². The van der Waals surface area contributed by atoms with Gasteiger partial charge in [-0.15, -0.1) is 0 Å². The van der Waals surface area contributed by atoms with Crippen molar-refractivity contribution in [2.24, 2.45) is 0 Å². The van der Waals surface area contributed by atoms with Gasteiger partial charge in [0.15, 0.2) is 0 Å². The highest BCUT2D eigenvalue weighted by Gasteiger charge is 2.21. The third kappa shape index (κ3) is 12.5. The Morgan fingerprint density at radius 2 is 1.14 bits per heavy atom. The van der Waals surface area contributed by atoms with Crippen LogP contribution in [0.2, 0.25) is 0 Å². The number of imidazole rings is 1. The van der Waals surface area contributed by atoms with Gasteiger partial charge < -0.3 is 0 Å². The average Bonchev–Trinajstić information content (AvgIpc) is 3.22. The lowest BCUT2D eigenvalue weighted by Gasteiger charge is -2.13. The lowest BCUT2D eigenvalue weighted by Crippen LogP contribution is -2.40. The zero-order chi connectivity index (χ0) is 21.2. The standard InChI is InChI=1S/C27H52N2/c1-5-7-9-10-11-12-13-14-15-16-17-18-19-20-21-25(3)27-28-23-24-29(27)26(4)22-8-6-2/h23-26H,5-22H2,1-4H3/p+1. The van der Waals surface area contributed by atoms with Crippen molar-refractivity contribution < 1.29 is 4.57 Å². The van der Waals surface area contributed by atoms with Crippen molar-refractivity contribution in [3.63, 3.8) is 0 Å². The summed E-state index contributed by atoms with van der Waals surface area (Å²) in [4.78, 5) is 3.53. The first-order valence-electron chi connectivity index (χ1n) is 13.3. The van der Waals surface area contributed by atoms with Gasteiger partial charge in [0.1, 0.15) is 12.4 Å². The second kappa shape index (κ2) is 18.0. The summed E-state index contributed by atoms with van der Waals surface area (Å²) in [6.45, 7) is 9.35. The van der Waals surface area contributed by atoms with Gasteiger partial charge in [0, 0.05) is 0 Å². The average molecular weight is 406 g/mol. The smallest absolute Gasteiger partial charge is 0.247 e. The van der Waals surface area contributed by atoms with Crippen molar-refractivity contribution in [3.05, 3.63) is 18.2 Å². The predicted octanol–water partition coefficient (Wildman–Crippen LogP) is 9.03. The highest BCUT2D eigenvalue weighted by molar-refractivity contribution is 4.87. The summed E-state index contributed by atoms with van der Waals surface area (Å²) in [5.74, 6) is 2.08. The number of hydrogen-bond donors (Lipinski definition) is 1. The van der Waals surface area contributed by atoms with E-state index in [4.69, 9.17) is 0 Å². The van der Waals surface area contributed by atoms with Crippen LogP contribution in [0.5, 0.6) is 0 Å². The van der Waals surface area contributed by atoms with E-state index < -0.39 is 0 Å². The molecule has 170 valence electrons. The summed E-state index contributed by atoms with van der Waals surface area (Å²) in [5.41, 5.74) is 0. The molecule has 2 atom stereocenters. The highest BCUT2D eigenvalue weighted by Crippen LogP contribution is 2.21. The molecule has 0 saturated carbocycles. The van der Waals surface area contributed by atoms with E-state index in [1.807, 2.05) is 0 Å². The Kier molecular flexibility index (Phi) is 16.3. The van der Waals surface area contributed by atoms with E-state index >= 15 is 0 Å². The summed E-state index contributed by atoms with van der Waals surface area (Å²) >= 11 is 0. The molecule has 2 heteroatoms. The van der Waals surface area contributed by atoms with Crippen LogP contribution in [0.4, 0.5) is 0 Å². The van der Waals surface area contributed by atoms with Gasteiger partial charge in [-0.25, -0.2) is 9.55 Å². The van der Waals surface area contributed by atoms with Gasteiger partial charge in [-0.2, -0.15) is 0 Å². The lowest BCUT2D eigenvalue weighted by atomic mass is 10.00. The molecule has 1 heterocycles. The van der Waals surface area contributed by atoms with E-state index in [9.17, 15) is 0 Å². The number of aromatic nitrogens is 2. The Balaban J connectivity index is 1.99. The van der Waals surface area contributed by atoms with Gasteiger partial charge in [-0.05, 0) is 26.2 Å². The van der Waals surface area contributed by atoms with Crippen molar-refractivity contribution >= 4 is 0 Å². The third-order valence-electron chi connectivity index (χ3n) is 6.65. The van der Waals surface area contributed by atoms with Crippen LogP contribution < -0.4 is 4.57 Å². The Labute approximate surface area is 183 Å². The fourth-order valence-electron chi connectivity index (χ4n) is 4.56. The number of hydrogen-bond acceptors (Lipinski definition) is 0. The fourth-order valence-corrected chi connectivity index (χ4v) is 4.56. The first-order chi connectivity index (χ1) is 14.2. The minimum atomic E-state index is 0.620. The number of rotatable bonds is 20. The van der Waals surface area contributed by atoms with Crippen LogP contribution in [0, 0.1) is 0 Å². The Morgan fingerprint density at radius 3 is 1.66 bits per heavy atom. The maximum atomic E-state index is 3.53. The number of nitrogens with one attached hydrogen (secondary N) is 1. The molecule has 0 spiro atoms. The van der Waals surface area contributed by atoms with Crippen LogP contribution in [-0.4, -0.2) is 4.98 Å². The van der Waals surface area contributed by atoms with E-state index in [0.717, 1.165) is 0 Å². The third-order valence-corrected chi connectivity index (χ3v) is 6.65. The van der Waals surface area contributed by atoms with Crippen molar-refractivity contribution in [1.29, 1.82) is 0 Å². The molecule has 1 N–H and O–H groups in total. The monoisotopic (exact) mass is 405 g/mol. The summed E-state index contributed by atoms with van der Waals surface area (Å²) in [5, 5.41) is 0. The van der Waals surface area contributed by atoms with Crippen LogP contribution in [-0.2, 0) is 0 Å². The number of nitrogens with zero attached hydrogens (tertiary/aromatic N) is 1. The molecule has 2 nitrogen and oxygen atoms in total. The summed E-state index contributed by atoms with van der Waals surface area (Å²) in [7, 11) is 0. The van der Waals surface area contributed by atoms with Crippen LogP contribution in [0.1, 0.15) is 161 Å². The van der Waals surface area contributed by atoms with Crippen molar-refractivity contribution in [2.75, 3.05) is 0 Å². The molecule has 0 amide bonds. The van der Waals surface area contributed by atoms with E-state index in [1.165, 1.54) is 121 Å². The first kappa shape index (κ1) is 26.2. The number of aromatic amines is 1. The zero-order valence-electron chi connectivity index (χ0n) is 20.5. The molecule has 29 heavy (non-hydrogen) atoms. The van der Waals surface area contributed by atoms with E-state index in [0.29, 0.717) is 12.0 Å². The second-order valence-corrected chi connectivity index (χ2v) is 9.53. The summed E-state index contributed by atoms with van der Waals surface area (Å²) < 4.78 is 2.49. The van der Waals surface area contributed by atoms with Gasteiger partial charge >= 0.3 is 0 Å². The summed E-state index contributed by atoms with van der Waals surface area (Å²) in [6.07, 6.45) is 29.8. The molecule has 0 fully saturated rings. The molecule has 1 aromatic heterocycles. The minimum Gasteiger partial charge on any atom is -0.247 e. The lowest BCUT2D eigenvalue weighted by molar-refractivity contribution is -0.727. The fraction of sp³-hybridized carbons (Fsp3) is 0.889. The van der Waals surface area contributed by atoms with Gasteiger partial charge in [0.25, 0.3) is 5.82 Å². The number of unbranched alkanes of at least 4 members (excludes halogenated alkanes) is 14. The van der Waals surface area contributed by atoms with Crippen LogP contribution in [0.25, 0.3) is 0 Å². The van der Waals surface area contributed by atoms with Crippen molar-refractivity contribution in [1.82, 2.24) is 4.98 Å². The van der Waals surface area contributed by atoms with Gasteiger partial charge in [-0.3, -0.25) is 0 Å². The molecule has 0 aliphatic heterocycles. The quantitative estimate of drug-likeness (QED) is 0.165. The Bertz CT molecular complexity index is 465. The predicted molar refractivity (Wildman–Crippen MR) is 129 cm³/mol. The molecule has 0 aromatic carbocycles. The van der Waals surface area contributed by atoms with Crippen LogP contribution >= 0.6 is 0 Å². The highest BCUT2D eigenvalue weighted by atomic mass is 15.1. The van der Waals surface area contributed by atoms with Crippen LogP contribution in [0.3, 0.4) is 0 Å².